The second kappa shape index (κ2) is 11.2. The summed E-state index contributed by atoms with van der Waals surface area (Å²) in [7, 11) is 0. The first-order valence-corrected chi connectivity index (χ1v) is 12.5. The molecule has 2 aromatic carbocycles. The standard InChI is InChI=1S/C25H21ClF3N7O5/c26-15-7-5-14(6-8-15)21-33-35(24(40)34(21)11-19(37)25(27,28)29)12-20-30-13-36(32-20)18-4-2-1-3-16(18)22(38)31-17-9-10-41-23(17)39/h1-8,13,17,19,37H,9-12H2,(H,31,38)/t17?,19-/m0/s1. The number of carbonyl (C=O) groups excluding carboxylic acids is 2. The number of halogens is 4. The maximum absolute atomic E-state index is 13.1. The van der Waals surface area contributed by atoms with Crippen LogP contribution in [0.3, 0.4) is 0 Å². The number of cyclic esters (lactones) is 1. The van der Waals surface area contributed by atoms with Crippen molar-refractivity contribution in [3.8, 4) is 17.1 Å². The van der Waals surface area contributed by atoms with Crippen LogP contribution in [-0.2, 0) is 22.6 Å². The summed E-state index contributed by atoms with van der Waals surface area (Å²) >= 11 is 5.91. The van der Waals surface area contributed by atoms with Crippen molar-refractivity contribution in [2.45, 2.75) is 37.8 Å². The molecule has 1 saturated heterocycles. The third kappa shape index (κ3) is 6.00. The van der Waals surface area contributed by atoms with Crippen molar-refractivity contribution < 1.29 is 32.6 Å². The van der Waals surface area contributed by atoms with Gasteiger partial charge in [0.1, 0.15) is 18.9 Å². The molecule has 4 aromatic rings. The molecule has 0 spiro atoms. The number of aliphatic hydroxyl groups excluding tert-OH is 1. The maximum Gasteiger partial charge on any atom is 0.416 e. The van der Waals surface area contributed by atoms with Crippen LogP contribution in [0.4, 0.5) is 13.2 Å². The van der Waals surface area contributed by atoms with Crippen LogP contribution in [0.1, 0.15) is 22.6 Å². The van der Waals surface area contributed by atoms with E-state index in [0.29, 0.717) is 27.3 Å². The van der Waals surface area contributed by atoms with Crippen LogP contribution < -0.4 is 11.0 Å². The smallest absolute Gasteiger partial charge is 0.416 e. The molecule has 2 aromatic heterocycles. The Morgan fingerprint density at radius 2 is 1.88 bits per heavy atom. The lowest BCUT2D eigenvalue weighted by Crippen LogP contribution is -2.38. The van der Waals surface area contributed by atoms with Crippen LogP contribution >= 0.6 is 11.6 Å². The molecule has 1 unspecified atom stereocenters. The summed E-state index contributed by atoms with van der Waals surface area (Å²) in [6, 6.07) is 11.6. The van der Waals surface area contributed by atoms with E-state index in [1.165, 1.54) is 41.3 Å². The summed E-state index contributed by atoms with van der Waals surface area (Å²) in [5.41, 5.74) is -0.124. The number of aromatic nitrogens is 6. The van der Waals surface area contributed by atoms with Crippen LogP contribution in [0.2, 0.25) is 5.02 Å². The number of carbonyl (C=O) groups is 2. The Bertz CT molecular complexity index is 1650. The fraction of sp³-hybridized carbons (Fsp3) is 0.280. The minimum atomic E-state index is -4.96. The second-order valence-corrected chi connectivity index (χ2v) is 9.48. The monoisotopic (exact) mass is 591 g/mol. The quantitative estimate of drug-likeness (QED) is 0.296. The highest BCUT2D eigenvalue weighted by Crippen LogP contribution is 2.24. The van der Waals surface area contributed by atoms with Gasteiger partial charge < -0.3 is 15.2 Å². The molecule has 2 N–H and O–H groups in total. The molecule has 12 nitrogen and oxygen atoms in total. The Kier molecular flexibility index (Phi) is 7.64. The number of hydrogen-bond donors (Lipinski definition) is 2. The molecule has 1 aliphatic heterocycles. The van der Waals surface area contributed by atoms with E-state index < -0.39 is 42.4 Å². The van der Waals surface area contributed by atoms with E-state index in [1.807, 2.05) is 0 Å². The fourth-order valence-electron chi connectivity index (χ4n) is 4.15. The summed E-state index contributed by atoms with van der Waals surface area (Å²) in [4.78, 5) is 41.9. The lowest BCUT2D eigenvalue weighted by atomic mass is 10.1. The van der Waals surface area contributed by atoms with Crippen LogP contribution in [0.5, 0.6) is 0 Å². The minimum Gasteiger partial charge on any atom is -0.464 e. The fourth-order valence-corrected chi connectivity index (χ4v) is 4.27. The number of amides is 1. The number of hydrogen-bond acceptors (Lipinski definition) is 8. The van der Waals surface area contributed by atoms with Crippen LogP contribution in [0.25, 0.3) is 17.1 Å². The Labute approximate surface area is 233 Å². The molecule has 1 aliphatic rings. The molecule has 0 radical (unpaired) electrons. The van der Waals surface area contributed by atoms with E-state index in [0.717, 1.165) is 4.68 Å². The summed E-state index contributed by atoms with van der Waals surface area (Å²) in [5, 5.41) is 21.1. The van der Waals surface area contributed by atoms with Crippen molar-refractivity contribution in [3.05, 3.63) is 81.8 Å². The largest absolute Gasteiger partial charge is 0.464 e. The number of esters is 1. The number of nitrogens with zero attached hydrogens (tertiary/aromatic N) is 6. The van der Waals surface area contributed by atoms with Crippen molar-refractivity contribution in [1.29, 1.82) is 0 Å². The van der Waals surface area contributed by atoms with Gasteiger partial charge in [-0.1, -0.05) is 23.7 Å². The molecule has 41 heavy (non-hydrogen) atoms. The maximum atomic E-state index is 13.1. The Morgan fingerprint density at radius 1 is 1.15 bits per heavy atom. The number of alkyl halides is 3. The van der Waals surface area contributed by atoms with Crippen molar-refractivity contribution in [2.24, 2.45) is 0 Å². The number of para-hydroxylation sites is 1. The third-order valence-electron chi connectivity index (χ3n) is 6.23. The zero-order valence-electron chi connectivity index (χ0n) is 21.0. The molecule has 0 saturated carbocycles. The van der Waals surface area contributed by atoms with E-state index in [1.54, 1.807) is 18.2 Å². The number of nitrogens with one attached hydrogen (secondary N) is 1. The molecule has 1 amide bonds. The number of rotatable bonds is 8. The van der Waals surface area contributed by atoms with Crippen molar-refractivity contribution in [1.82, 2.24) is 34.4 Å². The van der Waals surface area contributed by atoms with Gasteiger partial charge in [-0.25, -0.2) is 23.9 Å². The van der Waals surface area contributed by atoms with Crippen LogP contribution in [0, 0.1) is 0 Å². The van der Waals surface area contributed by atoms with Gasteiger partial charge in [-0.05, 0) is 36.4 Å². The van der Waals surface area contributed by atoms with Gasteiger partial charge >= 0.3 is 17.8 Å². The average molecular weight is 592 g/mol. The van der Waals surface area contributed by atoms with Gasteiger partial charge in [0.2, 0.25) is 0 Å². The summed E-state index contributed by atoms with van der Waals surface area (Å²) in [5.74, 6) is -1.12. The molecule has 1 fully saturated rings. The normalized spacial score (nSPS) is 16.0. The SMILES string of the molecule is O=C(NC1CCOC1=O)c1ccccc1-n1cnc(Cn2nc(-c3ccc(Cl)cc3)n(C[C@H](O)C(F)(F)F)c2=O)n1. The van der Waals surface area contributed by atoms with Crippen molar-refractivity contribution in [2.75, 3.05) is 6.61 Å². The number of benzene rings is 2. The molecule has 3 heterocycles. The zero-order valence-corrected chi connectivity index (χ0v) is 21.7. The van der Waals surface area contributed by atoms with E-state index in [-0.39, 0.29) is 30.4 Å². The van der Waals surface area contributed by atoms with Gasteiger partial charge in [0.05, 0.1) is 24.4 Å². The van der Waals surface area contributed by atoms with E-state index in [2.05, 4.69) is 20.5 Å². The predicted molar refractivity (Wildman–Crippen MR) is 136 cm³/mol. The van der Waals surface area contributed by atoms with Crippen molar-refractivity contribution in [3.63, 3.8) is 0 Å². The van der Waals surface area contributed by atoms with E-state index >= 15 is 0 Å². The molecule has 214 valence electrons. The molecular formula is C25H21ClF3N7O5. The van der Waals surface area contributed by atoms with Crippen LogP contribution in [-0.4, -0.2) is 71.0 Å². The lowest BCUT2D eigenvalue weighted by Gasteiger charge is -2.15. The number of aliphatic hydroxyl groups is 1. The summed E-state index contributed by atoms with van der Waals surface area (Å²) in [6.45, 7) is -1.20. The van der Waals surface area contributed by atoms with Crippen LogP contribution in [0.15, 0.2) is 59.7 Å². The number of ether oxygens (including phenoxy) is 1. The van der Waals surface area contributed by atoms with E-state index in [9.17, 15) is 32.7 Å². The Morgan fingerprint density at radius 3 is 2.56 bits per heavy atom. The second-order valence-electron chi connectivity index (χ2n) is 9.04. The predicted octanol–water partition coefficient (Wildman–Crippen LogP) is 1.96. The Balaban J connectivity index is 1.43. The zero-order chi connectivity index (χ0) is 29.3. The summed E-state index contributed by atoms with van der Waals surface area (Å²) < 4.78 is 47.1. The first-order valence-electron chi connectivity index (χ1n) is 12.2. The lowest BCUT2D eigenvalue weighted by molar-refractivity contribution is -0.207. The van der Waals surface area contributed by atoms with Gasteiger partial charge in [-0.15, -0.1) is 10.2 Å². The van der Waals surface area contributed by atoms with Crippen molar-refractivity contribution >= 4 is 23.5 Å². The Hall–Kier alpha value is -4.50. The van der Waals surface area contributed by atoms with Gasteiger partial charge in [-0.3, -0.25) is 9.36 Å². The third-order valence-corrected chi connectivity index (χ3v) is 6.48. The van der Waals surface area contributed by atoms with Gasteiger partial charge in [0.25, 0.3) is 5.91 Å². The molecule has 0 aliphatic carbocycles. The van der Waals surface area contributed by atoms with Gasteiger partial charge in [0, 0.05) is 17.0 Å². The molecule has 0 bridgehead atoms. The van der Waals surface area contributed by atoms with E-state index in [4.69, 9.17) is 16.3 Å². The first-order chi connectivity index (χ1) is 19.5. The minimum absolute atomic E-state index is 0.0605. The molecule has 16 heteroatoms. The topological polar surface area (TPSA) is 146 Å². The molecular weight excluding hydrogens is 571 g/mol. The first kappa shape index (κ1) is 28.0. The van der Waals surface area contributed by atoms with Gasteiger partial charge in [0.15, 0.2) is 17.8 Å². The molecule has 5 rings (SSSR count). The average Bonchev–Trinajstić information content (AvgIpc) is 3.65. The highest BCUT2D eigenvalue weighted by atomic mass is 35.5. The highest BCUT2D eigenvalue weighted by Gasteiger charge is 2.39. The summed E-state index contributed by atoms with van der Waals surface area (Å²) in [6.07, 6.45) is -6.13. The highest BCUT2D eigenvalue weighted by molar-refractivity contribution is 6.30. The molecule has 2 atom stereocenters. The van der Waals surface area contributed by atoms with Gasteiger partial charge in [-0.2, -0.15) is 13.2 Å².